The van der Waals surface area contributed by atoms with Crippen molar-refractivity contribution < 1.29 is 8.42 Å². The summed E-state index contributed by atoms with van der Waals surface area (Å²) >= 11 is 0. The van der Waals surface area contributed by atoms with Gasteiger partial charge >= 0.3 is 0 Å². The van der Waals surface area contributed by atoms with E-state index in [-0.39, 0.29) is 0 Å². The molecule has 0 unspecified atom stereocenters. The van der Waals surface area contributed by atoms with Crippen molar-refractivity contribution in [3.63, 3.8) is 0 Å². The molecule has 1 aliphatic rings. The molecule has 6 nitrogen and oxygen atoms in total. The molecule has 5 aromatic rings. The third-order valence-corrected chi connectivity index (χ3v) is 8.23. The normalized spacial score (nSPS) is 14.2. The number of para-hydroxylation sites is 1. The molecule has 0 saturated carbocycles. The Balaban J connectivity index is 1.31. The largest absolute Gasteiger partial charge is 0.339 e. The van der Waals surface area contributed by atoms with Crippen molar-refractivity contribution in [1.82, 2.24) is 14.3 Å². The Morgan fingerprint density at radius 3 is 2.56 bits per heavy atom. The summed E-state index contributed by atoms with van der Waals surface area (Å²) in [6, 6.07) is 24.9. The van der Waals surface area contributed by atoms with Crippen LogP contribution < -0.4 is 5.32 Å². The maximum Gasteiger partial charge on any atom is 0.244 e. The lowest BCUT2D eigenvalue weighted by Crippen LogP contribution is -2.36. The smallest absolute Gasteiger partial charge is 0.244 e. The highest BCUT2D eigenvalue weighted by Gasteiger charge is 2.30. The maximum absolute atomic E-state index is 13.6. The topological polar surface area (TPSA) is 75.2 Å². The van der Waals surface area contributed by atoms with E-state index in [1.807, 2.05) is 66.7 Å². The van der Waals surface area contributed by atoms with Gasteiger partial charge in [0.15, 0.2) is 0 Å². The highest BCUT2D eigenvalue weighted by Crippen LogP contribution is 2.32. The molecule has 168 valence electrons. The van der Waals surface area contributed by atoms with Crippen LogP contribution in [0.25, 0.3) is 21.7 Å². The molecule has 0 saturated heterocycles. The third-order valence-electron chi connectivity index (χ3n) is 6.33. The van der Waals surface area contributed by atoms with E-state index in [0.717, 1.165) is 44.3 Å². The van der Waals surface area contributed by atoms with Crippen molar-refractivity contribution in [2.45, 2.75) is 17.9 Å². The van der Waals surface area contributed by atoms with E-state index in [9.17, 15) is 8.42 Å². The minimum absolute atomic E-state index is 0.314. The van der Waals surface area contributed by atoms with Crippen molar-refractivity contribution in [2.75, 3.05) is 11.9 Å². The summed E-state index contributed by atoms with van der Waals surface area (Å²) in [5, 5.41) is 6.10. The summed E-state index contributed by atoms with van der Waals surface area (Å²) in [5.74, 6) is 0.747. The zero-order chi connectivity index (χ0) is 23.1. The molecule has 0 radical (unpaired) electrons. The van der Waals surface area contributed by atoms with Crippen LogP contribution in [0, 0.1) is 0 Å². The van der Waals surface area contributed by atoms with E-state index in [1.165, 1.54) is 0 Å². The van der Waals surface area contributed by atoms with Gasteiger partial charge in [-0.25, -0.2) is 13.4 Å². The summed E-state index contributed by atoms with van der Waals surface area (Å²) in [6.07, 6.45) is 4.10. The average Bonchev–Trinajstić information content (AvgIpc) is 2.88. The average molecular weight is 467 g/mol. The molecule has 1 N–H and O–H groups in total. The summed E-state index contributed by atoms with van der Waals surface area (Å²) in [6.45, 7) is 0.711. The summed E-state index contributed by atoms with van der Waals surface area (Å²) < 4.78 is 28.8. The van der Waals surface area contributed by atoms with Crippen molar-refractivity contribution in [1.29, 1.82) is 0 Å². The van der Waals surface area contributed by atoms with Gasteiger partial charge in [-0.2, -0.15) is 4.31 Å². The van der Waals surface area contributed by atoms with Gasteiger partial charge in [-0.15, -0.1) is 0 Å². The molecule has 2 aromatic heterocycles. The highest BCUT2D eigenvalue weighted by molar-refractivity contribution is 7.89. The molecular formula is C27H22N4O2S. The molecule has 34 heavy (non-hydrogen) atoms. The van der Waals surface area contributed by atoms with Crippen molar-refractivity contribution in [2.24, 2.45) is 0 Å². The van der Waals surface area contributed by atoms with Gasteiger partial charge in [0.1, 0.15) is 5.82 Å². The second kappa shape index (κ2) is 8.20. The van der Waals surface area contributed by atoms with Crippen LogP contribution in [0.2, 0.25) is 0 Å². The molecule has 6 rings (SSSR count). The molecule has 0 aliphatic carbocycles. The molecule has 0 bridgehead atoms. The number of aromatic nitrogens is 2. The number of benzene rings is 3. The number of pyridine rings is 2. The van der Waals surface area contributed by atoms with E-state index >= 15 is 0 Å². The molecule has 1 aliphatic heterocycles. The zero-order valence-corrected chi connectivity index (χ0v) is 19.2. The molecular weight excluding hydrogens is 444 g/mol. The first-order chi connectivity index (χ1) is 16.6. The lowest BCUT2D eigenvalue weighted by Gasteiger charge is -2.29. The number of rotatable bonds is 4. The van der Waals surface area contributed by atoms with Gasteiger partial charge in [-0.05, 0) is 41.6 Å². The van der Waals surface area contributed by atoms with Crippen LogP contribution in [0.1, 0.15) is 11.1 Å². The van der Waals surface area contributed by atoms with E-state index in [2.05, 4.69) is 15.3 Å². The summed E-state index contributed by atoms with van der Waals surface area (Å²) in [5.41, 5.74) is 3.79. The lowest BCUT2D eigenvalue weighted by molar-refractivity contribution is 0.391. The fourth-order valence-corrected chi connectivity index (χ4v) is 6.25. The summed E-state index contributed by atoms with van der Waals surface area (Å²) in [4.78, 5) is 9.41. The number of fused-ring (bicyclic) bond motifs is 3. The third kappa shape index (κ3) is 3.59. The predicted octanol–water partition coefficient (Wildman–Crippen LogP) is 5.27. The van der Waals surface area contributed by atoms with Crippen LogP contribution in [0.15, 0.2) is 96.2 Å². The Morgan fingerprint density at radius 1 is 0.853 bits per heavy atom. The minimum atomic E-state index is -3.64. The Labute approximate surface area is 198 Å². The molecule has 0 atom stereocenters. The van der Waals surface area contributed by atoms with Gasteiger partial charge < -0.3 is 5.32 Å². The minimum Gasteiger partial charge on any atom is -0.339 e. The first-order valence-electron chi connectivity index (χ1n) is 11.2. The Kier molecular flexibility index (Phi) is 5.01. The molecule has 3 heterocycles. The maximum atomic E-state index is 13.6. The Hall–Kier alpha value is -3.81. The highest BCUT2D eigenvalue weighted by atomic mass is 32.2. The summed E-state index contributed by atoms with van der Waals surface area (Å²) in [7, 11) is -3.64. The number of nitrogens with zero attached hydrogens (tertiary/aromatic N) is 3. The van der Waals surface area contributed by atoms with E-state index in [1.54, 1.807) is 28.8 Å². The molecule has 0 spiro atoms. The van der Waals surface area contributed by atoms with Crippen LogP contribution in [0.3, 0.4) is 0 Å². The van der Waals surface area contributed by atoms with Crippen LogP contribution >= 0.6 is 0 Å². The van der Waals surface area contributed by atoms with E-state index in [0.29, 0.717) is 24.4 Å². The standard InChI is InChI=1S/C27H22N4O2S/c32-34(33,26-11-5-8-19-6-1-3-9-23(19)26)31-15-13-24-21(18-31)12-14-28-27(24)30-22-16-20-7-2-4-10-25(20)29-17-22/h1-12,14,16-17H,13,15,18H2,(H,28,30). The van der Waals surface area contributed by atoms with Crippen LogP contribution in [-0.2, 0) is 23.0 Å². The SMILES string of the molecule is O=S(=O)(c1cccc2ccccc12)N1CCc2c(ccnc2Nc2cnc3ccccc3c2)C1. The molecule has 3 aromatic carbocycles. The Bertz CT molecular complexity index is 1640. The van der Waals surface area contributed by atoms with E-state index < -0.39 is 10.0 Å². The fourth-order valence-electron chi connectivity index (χ4n) is 4.61. The number of nitrogens with one attached hydrogen (secondary N) is 1. The lowest BCUT2D eigenvalue weighted by atomic mass is 10.0. The van der Waals surface area contributed by atoms with Gasteiger partial charge in [0.25, 0.3) is 0 Å². The van der Waals surface area contributed by atoms with Crippen molar-refractivity contribution in [3.8, 4) is 0 Å². The van der Waals surface area contributed by atoms with Crippen LogP contribution in [-0.4, -0.2) is 29.2 Å². The molecule has 0 amide bonds. The van der Waals surface area contributed by atoms with Gasteiger partial charge in [-0.3, -0.25) is 4.98 Å². The predicted molar refractivity (Wildman–Crippen MR) is 135 cm³/mol. The Morgan fingerprint density at radius 2 is 1.65 bits per heavy atom. The number of hydrogen-bond acceptors (Lipinski definition) is 5. The number of hydrogen-bond donors (Lipinski definition) is 1. The monoisotopic (exact) mass is 466 g/mol. The van der Waals surface area contributed by atoms with Gasteiger partial charge in [0.2, 0.25) is 10.0 Å². The van der Waals surface area contributed by atoms with Gasteiger partial charge in [-0.1, -0.05) is 54.6 Å². The van der Waals surface area contributed by atoms with Crippen LogP contribution in [0.4, 0.5) is 11.5 Å². The first kappa shape index (κ1) is 20.8. The van der Waals surface area contributed by atoms with Crippen molar-refractivity contribution in [3.05, 3.63) is 102 Å². The van der Waals surface area contributed by atoms with E-state index in [4.69, 9.17) is 0 Å². The first-order valence-corrected chi connectivity index (χ1v) is 12.6. The second-order valence-electron chi connectivity index (χ2n) is 8.40. The zero-order valence-electron chi connectivity index (χ0n) is 18.3. The number of sulfonamides is 1. The molecule has 0 fully saturated rings. The van der Waals surface area contributed by atoms with Crippen LogP contribution in [0.5, 0.6) is 0 Å². The van der Waals surface area contributed by atoms with Crippen molar-refractivity contribution >= 4 is 43.2 Å². The van der Waals surface area contributed by atoms with Gasteiger partial charge in [0, 0.05) is 35.6 Å². The van der Waals surface area contributed by atoms with Gasteiger partial charge in [0.05, 0.1) is 22.3 Å². The quantitative estimate of drug-likeness (QED) is 0.390. The second-order valence-corrected chi connectivity index (χ2v) is 10.3. The molecule has 7 heteroatoms. The fraction of sp³-hybridized carbons (Fsp3) is 0.111. The number of anilines is 2.